The van der Waals surface area contributed by atoms with E-state index in [4.69, 9.17) is 9.84 Å². The lowest BCUT2D eigenvalue weighted by Gasteiger charge is -2.23. The maximum Gasteiger partial charge on any atom is 0.240 e. The Morgan fingerprint density at radius 2 is 1.90 bits per heavy atom. The summed E-state index contributed by atoms with van der Waals surface area (Å²) in [6.07, 6.45) is 0.878. The Morgan fingerprint density at radius 3 is 2.56 bits per heavy atom. The van der Waals surface area contributed by atoms with E-state index in [1.54, 1.807) is 35.1 Å². The Hall–Kier alpha value is -3.56. The van der Waals surface area contributed by atoms with Crippen molar-refractivity contribution in [1.29, 1.82) is 0 Å². The summed E-state index contributed by atoms with van der Waals surface area (Å²) in [6, 6.07) is 19.7. The average Bonchev–Trinajstić information content (AvgIpc) is 3.59. The largest absolute Gasteiger partial charge is 0.497 e. The summed E-state index contributed by atoms with van der Waals surface area (Å²) in [4.78, 5) is 28.4. The molecule has 0 aliphatic carbocycles. The molecule has 0 saturated carbocycles. The highest BCUT2D eigenvalue weighted by Gasteiger charge is 2.37. The SMILES string of the molecule is COc1ccc(-n2nc(-c3ccccc3)c3c2N(CC(=O)NCCC(C)C)C(=O)CSC3c2ccsc2)cc1. The van der Waals surface area contributed by atoms with Crippen LogP contribution in [-0.2, 0) is 9.59 Å². The van der Waals surface area contributed by atoms with Crippen LogP contribution in [-0.4, -0.2) is 47.5 Å². The summed E-state index contributed by atoms with van der Waals surface area (Å²) in [7, 11) is 1.63. The predicted molar refractivity (Wildman–Crippen MR) is 159 cm³/mol. The highest BCUT2D eigenvalue weighted by Crippen LogP contribution is 2.48. The first-order chi connectivity index (χ1) is 19.0. The van der Waals surface area contributed by atoms with E-state index in [-0.39, 0.29) is 29.4 Å². The van der Waals surface area contributed by atoms with E-state index in [2.05, 4.69) is 36.0 Å². The number of methoxy groups -OCH3 is 1. The molecule has 3 heterocycles. The van der Waals surface area contributed by atoms with Crippen LogP contribution in [0, 0.1) is 5.92 Å². The zero-order valence-corrected chi connectivity index (χ0v) is 23.9. The number of carbonyl (C=O) groups is 2. The smallest absolute Gasteiger partial charge is 0.240 e. The van der Waals surface area contributed by atoms with Crippen LogP contribution in [0.5, 0.6) is 5.75 Å². The minimum Gasteiger partial charge on any atom is -0.497 e. The van der Waals surface area contributed by atoms with Crippen LogP contribution in [0.2, 0.25) is 0 Å². The number of ether oxygens (including phenoxy) is 1. The molecule has 1 unspecified atom stereocenters. The van der Waals surface area contributed by atoms with Crippen molar-refractivity contribution in [3.63, 3.8) is 0 Å². The fraction of sp³-hybridized carbons (Fsp3) is 0.300. The minimum atomic E-state index is -0.183. The van der Waals surface area contributed by atoms with Crippen molar-refractivity contribution in [2.45, 2.75) is 25.5 Å². The number of nitrogens with zero attached hydrogens (tertiary/aromatic N) is 3. The number of nitrogens with one attached hydrogen (secondary N) is 1. The van der Waals surface area contributed by atoms with Gasteiger partial charge < -0.3 is 10.1 Å². The Labute approximate surface area is 237 Å². The van der Waals surface area contributed by atoms with Crippen molar-refractivity contribution in [3.8, 4) is 22.7 Å². The Morgan fingerprint density at radius 1 is 1.13 bits per heavy atom. The van der Waals surface area contributed by atoms with E-state index in [0.717, 1.165) is 40.2 Å². The fourth-order valence-electron chi connectivity index (χ4n) is 4.62. The first-order valence-electron chi connectivity index (χ1n) is 13.0. The molecule has 2 aromatic heterocycles. The number of amides is 2. The quantitative estimate of drug-likeness (QED) is 0.274. The number of aromatic nitrogens is 2. The van der Waals surface area contributed by atoms with Crippen LogP contribution in [0.15, 0.2) is 71.4 Å². The fourth-order valence-corrected chi connectivity index (χ4v) is 6.58. The predicted octanol–water partition coefficient (Wildman–Crippen LogP) is 5.94. The molecular weight excluding hydrogens is 528 g/mol. The van der Waals surface area contributed by atoms with Gasteiger partial charge in [-0.15, -0.1) is 11.8 Å². The van der Waals surface area contributed by atoms with Crippen LogP contribution >= 0.6 is 23.1 Å². The lowest BCUT2D eigenvalue weighted by molar-refractivity contribution is -0.122. The number of fused-ring (bicyclic) bond motifs is 1. The molecule has 2 aromatic carbocycles. The number of anilines is 1. The van der Waals surface area contributed by atoms with Gasteiger partial charge >= 0.3 is 0 Å². The second kappa shape index (κ2) is 12.1. The van der Waals surface area contributed by atoms with Crippen LogP contribution in [0.3, 0.4) is 0 Å². The van der Waals surface area contributed by atoms with E-state index < -0.39 is 0 Å². The first kappa shape index (κ1) is 27.0. The van der Waals surface area contributed by atoms with Crippen LogP contribution in [0.1, 0.15) is 36.6 Å². The Kier molecular flexibility index (Phi) is 8.38. The monoisotopic (exact) mass is 560 g/mol. The second-order valence-electron chi connectivity index (χ2n) is 9.82. The summed E-state index contributed by atoms with van der Waals surface area (Å²) >= 11 is 3.21. The van der Waals surface area contributed by atoms with Crippen LogP contribution < -0.4 is 15.0 Å². The third-order valence-corrected chi connectivity index (χ3v) is 8.60. The summed E-state index contributed by atoms with van der Waals surface area (Å²) < 4.78 is 7.18. The molecule has 1 N–H and O–H groups in total. The molecule has 1 atom stereocenters. The maximum absolute atomic E-state index is 13.7. The summed E-state index contributed by atoms with van der Waals surface area (Å²) in [5.74, 6) is 1.79. The number of thioether (sulfide) groups is 1. The van der Waals surface area contributed by atoms with Gasteiger partial charge in [-0.2, -0.15) is 16.4 Å². The highest BCUT2D eigenvalue weighted by atomic mass is 32.2. The number of thiophene rings is 1. The molecular formula is C30H32N4O3S2. The number of rotatable bonds is 9. The molecule has 7 nitrogen and oxygen atoms in total. The van der Waals surface area contributed by atoms with Gasteiger partial charge in [-0.3, -0.25) is 14.5 Å². The Bertz CT molecular complexity index is 1420. The van der Waals surface area contributed by atoms with Gasteiger partial charge in [0, 0.05) is 17.7 Å². The number of hydrogen-bond donors (Lipinski definition) is 1. The molecule has 9 heteroatoms. The number of hydrogen-bond acceptors (Lipinski definition) is 6. The molecule has 5 rings (SSSR count). The molecule has 1 aliphatic rings. The lowest BCUT2D eigenvalue weighted by atomic mass is 10.0. The molecule has 0 fully saturated rings. The van der Waals surface area contributed by atoms with Gasteiger partial charge in [0.25, 0.3) is 0 Å². The van der Waals surface area contributed by atoms with Gasteiger partial charge in [0.05, 0.1) is 29.5 Å². The standard InChI is InChI=1S/C30H32N4O3S2/c1-20(2)13-15-31-25(35)17-33-26(36)19-39-29(22-14-16-38-18-22)27-28(21-7-5-4-6-8-21)32-34(30(27)33)23-9-11-24(37-3)12-10-23/h4-12,14,16,18,20,29H,13,15,17,19H2,1-3H3,(H,31,35). The van der Waals surface area contributed by atoms with Gasteiger partial charge in [0.15, 0.2) is 0 Å². The van der Waals surface area contributed by atoms with Gasteiger partial charge in [-0.1, -0.05) is 44.2 Å². The molecule has 0 bridgehead atoms. The average molecular weight is 561 g/mol. The molecule has 0 radical (unpaired) electrons. The van der Waals surface area contributed by atoms with E-state index in [9.17, 15) is 9.59 Å². The van der Waals surface area contributed by atoms with Crippen molar-refractivity contribution in [1.82, 2.24) is 15.1 Å². The summed E-state index contributed by atoms with van der Waals surface area (Å²) in [5.41, 5.74) is 4.58. The van der Waals surface area contributed by atoms with Gasteiger partial charge in [-0.05, 0) is 59.0 Å². The number of carbonyl (C=O) groups excluding carboxylic acids is 2. The third-order valence-electron chi connectivity index (χ3n) is 6.64. The summed E-state index contributed by atoms with van der Waals surface area (Å²) in [5, 5.41) is 12.2. The number of benzene rings is 2. The van der Waals surface area contributed by atoms with E-state index in [1.165, 1.54) is 0 Å². The molecule has 0 spiro atoms. The first-order valence-corrected chi connectivity index (χ1v) is 15.0. The van der Waals surface area contributed by atoms with Gasteiger partial charge in [-0.25, -0.2) is 4.68 Å². The van der Waals surface area contributed by atoms with Crippen LogP contribution in [0.4, 0.5) is 5.82 Å². The lowest BCUT2D eigenvalue weighted by Crippen LogP contribution is -2.42. The van der Waals surface area contributed by atoms with Crippen molar-refractivity contribution in [3.05, 3.63) is 82.6 Å². The topological polar surface area (TPSA) is 76.5 Å². The van der Waals surface area contributed by atoms with Crippen molar-refractivity contribution in [2.24, 2.45) is 5.92 Å². The van der Waals surface area contributed by atoms with Crippen molar-refractivity contribution >= 4 is 40.7 Å². The molecule has 39 heavy (non-hydrogen) atoms. The molecule has 4 aromatic rings. The van der Waals surface area contributed by atoms with Crippen LogP contribution in [0.25, 0.3) is 16.9 Å². The van der Waals surface area contributed by atoms with Gasteiger partial charge in [0.2, 0.25) is 11.8 Å². The maximum atomic E-state index is 13.7. The molecule has 0 saturated heterocycles. The zero-order valence-electron chi connectivity index (χ0n) is 22.3. The van der Waals surface area contributed by atoms with Crippen molar-refractivity contribution < 1.29 is 14.3 Å². The highest BCUT2D eigenvalue weighted by molar-refractivity contribution is 8.00. The van der Waals surface area contributed by atoms with E-state index in [1.807, 2.05) is 59.3 Å². The van der Waals surface area contributed by atoms with Crippen molar-refractivity contribution in [2.75, 3.05) is 30.9 Å². The summed E-state index contributed by atoms with van der Waals surface area (Å²) in [6.45, 7) is 4.75. The molecule has 202 valence electrons. The van der Waals surface area contributed by atoms with Gasteiger partial charge in [0.1, 0.15) is 18.1 Å². The molecule has 2 amide bonds. The normalized spacial score (nSPS) is 15.2. The molecule has 1 aliphatic heterocycles. The zero-order chi connectivity index (χ0) is 27.4. The third kappa shape index (κ3) is 5.89. The Balaban J connectivity index is 1.69. The van der Waals surface area contributed by atoms with E-state index in [0.29, 0.717) is 18.3 Å². The minimum absolute atomic E-state index is 0.0725. The second-order valence-corrected chi connectivity index (χ2v) is 11.7. The van der Waals surface area contributed by atoms with E-state index >= 15 is 0 Å².